The van der Waals surface area contributed by atoms with Crippen molar-refractivity contribution < 1.29 is 32.9 Å². The number of nitrogens with zero attached hydrogens (tertiary/aromatic N) is 1. The first-order valence-electron chi connectivity index (χ1n) is 25.6. The van der Waals surface area contributed by atoms with Gasteiger partial charge in [0.2, 0.25) is 5.91 Å². The number of carbonyl (C=O) groups excluding carboxylic acids is 1. The van der Waals surface area contributed by atoms with Crippen LogP contribution in [0.3, 0.4) is 0 Å². The summed E-state index contributed by atoms with van der Waals surface area (Å²) in [6.45, 7) is 4.57. The van der Waals surface area contributed by atoms with Gasteiger partial charge in [-0.15, -0.1) is 0 Å². The summed E-state index contributed by atoms with van der Waals surface area (Å²) in [5.74, 6) is -0.189. The van der Waals surface area contributed by atoms with Crippen LogP contribution in [0.25, 0.3) is 0 Å². The number of aliphatic hydroxyl groups is 1. The number of amides is 1. The zero-order chi connectivity index (χ0) is 47.1. The van der Waals surface area contributed by atoms with Gasteiger partial charge in [0.05, 0.1) is 39.9 Å². The molecule has 0 spiro atoms. The molecule has 0 bridgehead atoms. The second-order valence-corrected chi connectivity index (χ2v) is 19.6. The smallest absolute Gasteiger partial charge is 0.387 e. The fraction of sp³-hybridized carbons (Fsp3) is 0.691. The van der Waals surface area contributed by atoms with Gasteiger partial charge >= 0.3 is 7.82 Å². The number of likely N-dealkylation sites (N-methyl/N-ethyl adjacent to an activating group) is 1. The molecule has 8 nitrogen and oxygen atoms in total. The Hall–Kier alpha value is -2.58. The molecule has 0 aromatic carbocycles. The highest BCUT2D eigenvalue weighted by Gasteiger charge is 2.27. The molecule has 0 aliphatic rings. The molecule has 3 N–H and O–H groups in total. The van der Waals surface area contributed by atoms with Crippen LogP contribution in [0.2, 0.25) is 0 Å². The SMILES string of the molecule is CC/C=C\C/C=C\C/C=C\C/C=C\C/C=C\C/C=C\C/C=C\CCCCCCCCCCCCCCCCCC(=O)NC(COP(=O)(O)OCC[N+](C)(C)C)C(O)/C=C/CCCCC. The van der Waals surface area contributed by atoms with Crippen LogP contribution in [0.15, 0.2) is 97.2 Å². The van der Waals surface area contributed by atoms with Gasteiger partial charge in [0.15, 0.2) is 0 Å². The van der Waals surface area contributed by atoms with Crippen molar-refractivity contribution in [3.05, 3.63) is 97.2 Å². The van der Waals surface area contributed by atoms with E-state index in [0.717, 1.165) is 89.9 Å². The van der Waals surface area contributed by atoms with Crippen LogP contribution >= 0.6 is 7.82 Å². The summed E-state index contributed by atoms with van der Waals surface area (Å²) in [5.41, 5.74) is 0. The molecule has 0 aromatic rings. The van der Waals surface area contributed by atoms with Crippen molar-refractivity contribution in [3.8, 4) is 0 Å². The molecular formula is C55H98N2O6P+. The average Bonchev–Trinajstić information content (AvgIpc) is 3.25. The summed E-state index contributed by atoms with van der Waals surface area (Å²) < 4.78 is 23.4. The predicted molar refractivity (Wildman–Crippen MR) is 276 cm³/mol. The van der Waals surface area contributed by atoms with Crippen molar-refractivity contribution >= 4 is 13.7 Å². The third kappa shape index (κ3) is 47.4. The second kappa shape index (κ2) is 45.6. The Bertz CT molecular complexity index is 1360. The number of aliphatic hydroxyl groups excluding tert-OH is 1. The Labute approximate surface area is 394 Å². The third-order valence-electron chi connectivity index (χ3n) is 10.8. The predicted octanol–water partition coefficient (Wildman–Crippen LogP) is 15.1. The second-order valence-electron chi connectivity index (χ2n) is 18.2. The molecule has 0 radical (unpaired) electrons. The summed E-state index contributed by atoms with van der Waals surface area (Å²) in [6, 6.07) is -0.846. The van der Waals surface area contributed by atoms with Gasteiger partial charge in [-0.2, -0.15) is 0 Å². The van der Waals surface area contributed by atoms with E-state index in [1.54, 1.807) is 6.08 Å². The van der Waals surface area contributed by atoms with Crippen LogP contribution in [0.4, 0.5) is 0 Å². The molecule has 9 heteroatoms. The normalized spacial score (nSPS) is 14.9. The van der Waals surface area contributed by atoms with E-state index in [9.17, 15) is 19.4 Å². The number of quaternary nitrogens is 1. The minimum Gasteiger partial charge on any atom is -0.387 e. The zero-order valence-corrected chi connectivity index (χ0v) is 42.6. The quantitative estimate of drug-likeness (QED) is 0.0243. The zero-order valence-electron chi connectivity index (χ0n) is 41.7. The molecule has 64 heavy (non-hydrogen) atoms. The van der Waals surface area contributed by atoms with Crippen molar-refractivity contribution in [3.63, 3.8) is 0 Å². The molecule has 368 valence electrons. The lowest BCUT2D eigenvalue weighted by Crippen LogP contribution is -2.45. The van der Waals surface area contributed by atoms with Crippen LogP contribution in [0, 0.1) is 0 Å². The number of carbonyl (C=O) groups is 1. The highest BCUT2D eigenvalue weighted by molar-refractivity contribution is 7.47. The van der Waals surface area contributed by atoms with Crippen LogP contribution in [-0.4, -0.2) is 73.4 Å². The van der Waals surface area contributed by atoms with Gasteiger partial charge in [0.25, 0.3) is 0 Å². The van der Waals surface area contributed by atoms with E-state index in [1.807, 2.05) is 27.2 Å². The molecule has 3 atom stereocenters. The van der Waals surface area contributed by atoms with Crippen molar-refractivity contribution in [2.75, 3.05) is 40.9 Å². The largest absolute Gasteiger partial charge is 0.472 e. The number of nitrogens with one attached hydrogen (secondary N) is 1. The van der Waals surface area contributed by atoms with Crippen LogP contribution in [0.5, 0.6) is 0 Å². The topological polar surface area (TPSA) is 105 Å². The van der Waals surface area contributed by atoms with Crippen LogP contribution in [-0.2, 0) is 18.4 Å². The summed E-state index contributed by atoms with van der Waals surface area (Å²) in [6.07, 6.45) is 65.6. The van der Waals surface area contributed by atoms with Crippen molar-refractivity contribution in [1.82, 2.24) is 5.32 Å². The number of phosphoric acid groups is 1. The van der Waals surface area contributed by atoms with Gasteiger partial charge in [-0.05, 0) is 77.0 Å². The first-order valence-corrected chi connectivity index (χ1v) is 27.1. The van der Waals surface area contributed by atoms with Gasteiger partial charge in [0, 0.05) is 6.42 Å². The average molecular weight is 914 g/mol. The summed E-state index contributed by atoms with van der Waals surface area (Å²) >= 11 is 0. The third-order valence-corrected chi connectivity index (χ3v) is 11.8. The van der Waals surface area contributed by atoms with Gasteiger partial charge in [-0.25, -0.2) is 4.57 Å². The number of allylic oxidation sites excluding steroid dienone is 15. The lowest BCUT2D eigenvalue weighted by atomic mass is 10.0. The molecule has 0 heterocycles. The molecule has 0 aromatic heterocycles. The Morgan fingerprint density at radius 2 is 0.938 bits per heavy atom. The van der Waals surface area contributed by atoms with E-state index >= 15 is 0 Å². The maximum Gasteiger partial charge on any atom is 0.472 e. The first kappa shape index (κ1) is 61.4. The monoisotopic (exact) mass is 914 g/mol. The minimum absolute atomic E-state index is 0.0574. The summed E-state index contributed by atoms with van der Waals surface area (Å²) in [4.78, 5) is 23.0. The van der Waals surface area contributed by atoms with Crippen molar-refractivity contribution in [2.24, 2.45) is 0 Å². The van der Waals surface area contributed by atoms with E-state index in [4.69, 9.17) is 9.05 Å². The molecule has 0 saturated heterocycles. The number of phosphoric ester groups is 1. The Kier molecular flexibility index (Phi) is 43.7. The lowest BCUT2D eigenvalue weighted by Gasteiger charge is -2.25. The number of hydrogen-bond acceptors (Lipinski definition) is 5. The molecule has 1 amide bonds. The highest BCUT2D eigenvalue weighted by Crippen LogP contribution is 2.43. The molecule has 0 aliphatic carbocycles. The Balaban J connectivity index is 3.85. The summed E-state index contributed by atoms with van der Waals surface area (Å²) in [5, 5.41) is 13.6. The summed E-state index contributed by atoms with van der Waals surface area (Å²) in [7, 11) is 1.56. The van der Waals surface area contributed by atoms with Crippen molar-refractivity contribution in [2.45, 2.75) is 206 Å². The molecule has 0 fully saturated rings. The van der Waals surface area contributed by atoms with Gasteiger partial charge in [-0.1, -0.05) is 207 Å². The van der Waals surface area contributed by atoms with Crippen LogP contribution in [0.1, 0.15) is 194 Å². The van der Waals surface area contributed by atoms with E-state index < -0.39 is 20.0 Å². The lowest BCUT2D eigenvalue weighted by molar-refractivity contribution is -0.870. The van der Waals surface area contributed by atoms with Gasteiger partial charge < -0.3 is 19.8 Å². The molecular weight excluding hydrogens is 816 g/mol. The van der Waals surface area contributed by atoms with Gasteiger partial charge in [-0.3, -0.25) is 13.8 Å². The van der Waals surface area contributed by atoms with E-state index in [1.165, 1.54) is 83.5 Å². The molecule has 0 aliphatic heterocycles. The minimum atomic E-state index is -4.33. The molecule has 0 saturated carbocycles. The van der Waals surface area contributed by atoms with E-state index in [0.29, 0.717) is 17.4 Å². The maximum absolute atomic E-state index is 12.8. The standard InChI is InChI=1S/C55H97N2O6P/c1-6-8-10-12-13-14-15-16-17-18-19-20-21-22-23-24-25-26-27-28-29-30-31-32-33-34-35-36-37-38-39-40-41-42-43-45-47-49-55(59)56-53(54(58)48-46-44-11-9-7-2)52-63-64(60,61)62-51-50-57(3,4)5/h8,10,13-14,16-17,19-20,22-23,25-26,28-29,46,48,53-54,58H,6-7,9,11-12,15,18,21,24,27,30-45,47,49-52H2,1-5H3,(H-,56,59,60,61)/p+1/b10-8-,14-13-,17-16-,20-19-,23-22-,26-25-,29-28-,48-46+. The number of unbranched alkanes of at least 4 members (excludes halogenated alkanes) is 18. The number of hydrogen-bond donors (Lipinski definition) is 3. The first-order chi connectivity index (χ1) is 31.0. The fourth-order valence-corrected chi connectivity index (χ4v) is 7.52. The van der Waals surface area contributed by atoms with Crippen molar-refractivity contribution in [1.29, 1.82) is 0 Å². The number of rotatable bonds is 45. The van der Waals surface area contributed by atoms with Gasteiger partial charge in [0.1, 0.15) is 13.2 Å². The molecule has 0 rings (SSSR count). The highest BCUT2D eigenvalue weighted by atomic mass is 31.2. The Morgan fingerprint density at radius 1 is 0.547 bits per heavy atom. The van der Waals surface area contributed by atoms with E-state index in [-0.39, 0.29) is 19.1 Å². The van der Waals surface area contributed by atoms with Crippen LogP contribution < -0.4 is 5.32 Å². The Morgan fingerprint density at radius 3 is 1.38 bits per heavy atom. The molecule has 3 unspecified atom stereocenters. The van der Waals surface area contributed by atoms with E-state index in [2.05, 4.69) is 104 Å². The maximum atomic E-state index is 12.8. The fourth-order valence-electron chi connectivity index (χ4n) is 6.78.